The van der Waals surface area contributed by atoms with Gasteiger partial charge in [0.05, 0.1) is 8.07 Å². The van der Waals surface area contributed by atoms with E-state index in [0.717, 1.165) is 16.9 Å². The van der Waals surface area contributed by atoms with Crippen LogP contribution in [0.25, 0.3) is 0 Å². The fourth-order valence-corrected chi connectivity index (χ4v) is 9.41. The van der Waals surface area contributed by atoms with E-state index < -0.39 is 8.07 Å². The molecule has 0 aromatic carbocycles. The van der Waals surface area contributed by atoms with Crippen LogP contribution in [0.5, 0.6) is 0 Å². The minimum absolute atomic E-state index is 0.567. The van der Waals surface area contributed by atoms with Crippen LogP contribution in [0.3, 0.4) is 0 Å². The summed E-state index contributed by atoms with van der Waals surface area (Å²) in [7, 11) is -0.986. The van der Waals surface area contributed by atoms with E-state index in [-0.39, 0.29) is 0 Å². The topological polar surface area (TPSA) is 0 Å². The minimum atomic E-state index is -0.986. The van der Waals surface area contributed by atoms with Gasteiger partial charge in [-0.1, -0.05) is 35.6 Å². The van der Waals surface area contributed by atoms with Gasteiger partial charge in [-0.2, -0.15) is 0 Å². The molecule has 0 nitrogen and oxygen atoms in total. The van der Waals surface area contributed by atoms with Gasteiger partial charge >= 0.3 is 0 Å². The van der Waals surface area contributed by atoms with Crippen molar-refractivity contribution >= 4 is 24.0 Å². The molecule has 0 N–H and O–H groups in total. The first-order valence-electron chi connectivity index (χ1n) is 6.51. The molecule has 0 aliphatic heterocycles. The molecule has 4 aliphatic carbocycles. The zero-order valence-electron chi connectivity index (χ0n) is 10.3. The van der Waals surface area contributed by atoms with Crippen molar-refractivity contribution in [1.82, 2.24) is 0 Å². The highest BCUT2D eigenvalue weighted by Crippen LogP contribution is 2.70. The summed E-state index contributed by atoms with van der Waals surface area (Å²) in [5, 5.41) is 0.792. The largest absolute Gasteiger partial charge is 0.0853 e. The van der Waals surface area contributed by atoms with Crippen LogP contribution in [0, 0.1) is 11.8 Å². The molecule has 4 aliphatic rings. The van der Waals surface area contributed by atoms with Gasteiger partial charge in [0.25, 0.3) is 0 Å². The normalized spacial score (nSPS) is 53.6. The van der Waals surface area contributed by atoms with Gasteiger partial charge < -0.3 is 0 Å². The second-order valence-corrected chi connectivity index (χ2v) is 14.9. The second kappa shape index (κ2) is 2.93. The molecule has 4 bridgehead atoms. The molecule has 0 spiro atoms. The van der Waals surface area contributed by atoms with Gasteiger partial charge in [-0.05, 0) is 55.4 Å². The minimum Gasteiger partial charge on any atom is -0.0853 e. The van der Waals surface area contributed by atoms with Crippen LogP contribution >= 0.6 is 15.9 Å². The first-order chi connectivity index (χ1) is 6.82. The smallest absolute Gasteiger partial charge is 0.0506 e. The molecule has 0 aromatic heterocycles. The predicted octanol–water partition coefficient (Wildman–Crippen LogP) is 4.81. The summed E-state index contributed by atoms with van der Waals surface area (Å²) in [5.74, 6) is 2.13. The van der Waals surface area contributed by atoms with E-state index in [2.05, 4.69) is 35.6 Å². The van der Waals surface area contributed by atoms with Crippen LogP contribution in [-0.2, 0) is 0 Å². The predicted molar refractivity (Wildman–Crippen MR) is 72.4 cm³/mol. The average molecular weight is 287 g/mol. The molecule has 0 heterocycles. The Bertz CT molecular complexity index is 277. The highest BCUT2D eigenvalue weighted by atomic mass is 79.9. The lowest BCUT2D eigenvalue weighted by Crippen LogP contribution is -2.57. The maximum atomic E-state index is 4.11. The van der Waals surface area contributed by atoms with Crippen molar-refractivity contribution in [2.45, 2.75) is 67.5 Å². The lowest BCUT2D eigenvalue weighted by Gasteiger charge is -2.64. The van der Waals surface area contributed by atoms with Crippen LogP contribution in [0.2, 0.25) is 24.7 Å². The summed E-state index contributed by atoms with van der Waals surface area (Å²) < 4.78 is 0.567. The maximum Gasteiger partial charge on any atom is 0.0506 e. The van der Waals surface area contributed by atoms with E-state index in [1.165, 1.54) is 19.3 Å². The molecule has 0 saturated heterocycles. The highest BCUT2D eigenvalue weighted by molar-refractivity contribution is 9.10. The van der Waals surface area contributed by atoms with Gasteiger partial charge in [0.1, 0.15) is 0 Å². The molecule has 2 heteroatoms. The molecule has 2 unspecified atom stereocenters. The molecule has 0 aromatic rings. The Labute approximate surface area is 103 Å². The molecule has 4 fully saturated rings. The Hall–Kier alpha value is 0.697. The number of hydrogen-bond acceptors (Lipinski definition) is 0. The van der Waals surface area contributed by atoms with Crippen molar-refractivity contribution in [3.63, 3.8) is 0 Å². The summed E-state index contributed by atoms with van der Waals surface area (Å²) in [6, 6.07) is 0. The van der Waals surface area contributed by atoms with Crippen molar-refractivity contribution in [2.75, 3.05) is 0 Å². The number of rotatable bonds is 1. The van der Waals surface area contributed by atoms with E-state index in [9.17, 15) is 0 Å². The monoisotopic (exact) mass is 286 g/mol. The first-order valence-corrected chi connectivity index (χ1v) is 10.8. The third kappa shape index (κ3) is 1.50. The zero-order valence-corrected chi connectivity index (χ0v) is 12.9. The van der Waals surface area contributed by atoms with Crippen molar-refractivity contribution in [3.8, 4) is 0 Å². The Kier molecular flexibility index (Phi) is 2.11. The standard InChI is InChI=1S/C13H23BrSi/c1-15(2,3)13-7-10-4-11(8-13)6-12(14,5-10)9-13/h10-11H,4-9H2,1-3H3. The molecule has 4 rings (SSSR count). The van der Waals surface area contributed by atoms with Crippen molar-refractivity contribution < 1.29 is 0 Å². The van der Waals surface area contributed by atoms with Gasteiger partial charge in [-0.25, -0.2) is 0 Å². The van der Waals surface area contributed by atoms with Gasteiger partial charge in [0, 0.05) is 4.32 Å². The van der Waals surface area contributed by atoms with Crippen molar-refractivity contribution in [1.29, 1.82) is 0 Å². The number of halogens is 1. The first kappa shape index (κ1) is 10.8. The highest BCUT2D eigenvalue weighted by Gasteiger charge is 2.60. The lowest BCUT2D eigenvalue weighted by atomic mass is 9.55. The van der Waals surface area contributed by atoms with Gasteiger partial charge in [-0.3, -0.25) is 0 Å². The molecule has 15 heavy (non-hydrogen) atoms. The van der Waals surface area contributed by atoms with Crippen LogP contribution in [0.1, 0.15) is 38.5 Å². The molecule has 2 atom stereocenters. The Morgan fingerprint density at radius 3 is 1.93 bits per heavy atom. The zero-order chi connectivity index (χ0) is 10.9. The number of hydrogen-bond donors (Lipinski definition) is 0. The van der Waals surface area contributed by atoms with E-state index >= 15 is 0 Å². The third-order valence-electron chi connectivity index (χ3n) is 5.58. The van der Waals surface area contributed by atoms with Crippen molar-refractivity contribution in [2.24, 2.45) is 11.8 Å². The summed E-state index contributed by atoms with van der Waals surface area (Å²) in [6.07, 6.45) is 9.17. The van der Waals surface area contributed by atoms with Crippen LogP contribution in [0.4, 0.5) is 0 Å². The van der Waals surface area contributed by atoms with Crippen LogP contribution in [0.15, 0.2) is 0 Å². The molecular weight excluding hydrogens is 264 g/mol. The fourth-order valence-electron chi connectivity index (χ4n) is 5.03. The SMILES string of the molecule is C[Si](C)(C)C12CC3CC(CC(Br)(C3)C1)C2. The average Bonchev–Trinajstić information content (AvgIpc) is 1.95. The molecule has 4 saturated carbocycles. The van der Waals surface area contributed by atoms with Gasteiger partial charge in [0.15, 0.2) is 0 Å². The van der Waals surface area contributed by atoms with E-state index in [0.29, 0.717) is 4.32 Å². The summed E-state index contributed by atoms with van der Waals surface area (Å²) in [5.41, 5.74) is 0. The lowest BCUT2D eigenvalue weighted by molar-refractivity contribution is 0.0468. The van der Waals surface area contributed by atoms with E-state index in [1.807, 2.05) is 0 Å². The summed E-state index contributed by atoms with van der Waals surface area (Å²) in [6.45, 7) is 7.82. The molecule has 0 radical (unpaired) electrons. The quantitative estimate of drug-likeness (QED) is 0.479. The van der Waals surface area contributed by atoms with Gasteiger partial charge in [-0.15, -0.1) is 0 Å². The van der Waals surface area contributed by atoms with Gasteiger partial charge in [0.2, 0.25) is 0 Å². The van der Waals surface area contributed by atoms with E-state index in [4.69, 9.17) is 0 Å². The Balaban J connectivity index is 2.00. The summed E-state index contributed by atoms with van der Waals surface area (Å²) in [4.78, 5) is 0. The van der Waals surface area contributed by atoms with Crippen molar-refractivity contribution in [3.05, 3.63) is 0 Å². The van der Waals surface area contributed by atoms with Crippen LogP contribution in [-0.4, -0.2) is 12.4 Å². The third-order valence-corrected chi connectivity index (χ3v) is 10.3. The summed E-state index contributed by atoms with van der Waals surface area (Å²) >= 11 is 4.11. The Morgan fingerprint density at radius 2 is 1.53 bits per heavy atom. The second-order valence-electron chi connectivity index (χ2n) is 7.64. The molecule has 0 amide bonds. The molecular formula is C13H23BrSi. The number of alkyl halides is 1. The maximum absolute atomic E-state index is 4.11. The fraction of sp³-hybridized carbons (Fsp3) is 1.00. The van der Waals surface area contributed by atoms with E-state index in [1.54, 1.807) is 19.3 Å². The Morgan fingerprint density at radius 1 is 1.00 bits per heavy atom. The van der Waals surface area contributed by atoms with Crippen LogP contribution < -0.4 is 0 Å². The molecule has 86 valence electrons.